The monoisotopic (exact) mass is 351 g/mol. The summed E-state index contributed by atoms with van der Waals surface area (Å²) in [6.07, 6.45) is 0.745. The van der Waals surface area contributed by atoms with Crippen LogP contribution in [0, 0.1) is 0 Å². The second-order valence-electron chi connectivity index (χ2n) is 5.96. The summed E-state index contributed by atoms with van der Waals surface area (Å²) in [6.45, 7) is 0.584. The first kappa shape index (κ1) is 17.7. The van der Waals surface area contributed by atoms with Gasteiger partial charge < -0.3 is 14.1 Å². The summed E-state index contributed by atoms with van der Waals surface area (Å²) in [5, 5.41) is 8.08. The Morgan fingerprint density at radius 1 is 1.08 bits per heavy atom. The molecule has 0 aliphatic carbocycles. The molecule has 3 aromatic rings. The molecular weight excluding hydrogens is 330 g/mol. The van der Waals surface area contributed by atoms with Gasteiger partial charge in [0.1, 0.15) is 5.75 Å². The number of aromatic nitrogens is 2. The first-order valence-corrected chi connectivity index (χ1v) is 8.40. The lowest BCUT2D eigenvalue weighted by atomic mass is 10.2. The van der Waals surface area contributed by atoms with E-state index in [4.69, 9.17) is 9.15 Å². The molecule has 6 heteroatoms. The van der Waals surface area contributed by atoms with E-state index in [9.17, 15) is 4.79 Å². The van der Waals surface area contributed by atoms with Crippen LogP contribution in [-0.2, 0) is 17.8 Å². The number of aryl methyl sites for hydroxylation is 1. The summed E-state index contributed by atoms with van der Waals surface area (Å²) in [4.78, 5) is 14.0. The van der Waals surface area contributed by atoms with Crippen LogP contribution < -0.4 is 4.74 Å². The van der Waals surface area contributed by atoms with Crippen molar-refractivity contribution in [2.45, 2.75) is 19.4 Å². The van der Waals surface area contributed by atoms with Crippen LogP contribution >= 0.6 is 0 Å². The molecule has 134 valence electrons. The summed E-state index contributed by atoms with van der Waals surface area (Å²) >= 11 is 0. The van der Waals surface area contributed by atoms with Crippen LogP contribution in [0.1, 0.15) is 17.9 Å². The molecule has 0 radical (unpaired) electrons. The number of amides is 1. The average Bonchev–Trinajstić information content (AvgIpc) is 3.16. The molecule has 1 aromatic heterocycles. The van der Waals surface area contributed by atoms with Crippen molar-refractivity contribution >= 4 is 5.91 Å². The quantitative estimate of drug-likeness (QED) is 0.653. The van der Waals surface area contributed by atoms with Crippen molar-refractivity contribution in [1.82, 2.24) is 15.1 Å². The normalized spacial score (nSPS) is 10.5. The van der Waals surface area contributed by atoms with E-state index in [1.807, 2.05) is 54.6 Å². The number of methoxy groups -OCH3 is 1. The molecule has 0 unspecified atom stereocenters. The Kier molecular flexibility index (Phi) is 5.63. The van der Waals surface area contributed by atoms with Gasteiger partial charge in [-0.25, -0.2) is 0 Å². The van der Waals surface area contributed by atoms with Gasteiger partial charge >= 0.3 is 0 Å². The van der Waals surface area contributed by atoms with Gasteiger partial charge in [-0.1, -0.05) is 30.3 Å². The Bertz CT molecular complexity index is 844. The maximum absolute atomic E-state index is 12.3. The van der Waals surface area contributed by atoms with Crippen molar-refractivity contribution in [2.75, 3.05) is 14.2 Å². The highest BCUT2D eigenvalue weighted by atomic mass is 16.5. The highest BCUT2D eigenvalue weighted by Crippen LogP contribution is 2.21. The molecule has 0 fully saturated rings. The average molecular weight is 351 g/mol. The number of benzene rings is 2. The number of rotatable bonds is 7. The molecule has 0 aliphatic rings. The Morgan fingerprint density at radius 2 is 1.81 bits per heavy atom. The third-order valence-electron chi connectivity index (χ3n) is 4.04. The van der Waals surface area contributed by atoms with Gasteiger partial charge in [0, 0.05) is 32.0 Å². The largest absolute Gasteiger partial charge is 0.497 e. The maximum atomic E-state index is 12.3. The van der Waals surface area contributed by atoms with E-state index in [-0.39, 0.29) is 5.91 Å². The van der Waals surface area contributed by atoms with Gasteiger partial charge in [0.2, 0.25) is 17.7 Å². The minimum absolute atomic E-state index is 0.0399. The first-order chi connectivity index (χ1) is 12.7. The summed E-state index contributed by atoms with van der Waals surface area (Å²) in [6, 6.07) is 17.3. The predicted octanol–water partition coefficient (Wildman–Crippen LogP) is 3.34. The SMILES string of the molecule is COc1ccc(-c2nnc(CCC(=O)N(C)Cc3ccccc3)o2)cc1. The van der Waals surface area contributed by atoms with Gasteiger partial charge in [0.25, 0.3) is 0 Å². The highest BCUT2D eigenvalue weighted by molar-refractivity contribution is 5.76. The molecule has 0 saturated carbocycles. The number of carbonyl (C=O) groups is 1. The third-order valence-corrected chi connectivity index (χ3v) is 4.04. The van der Waals surface area contributed by atoms with Crippen LogP contribution in [0.25, 0.3) is 11.5 Å². The Labute approximate surface area is 152 Å². The lowest BCUT2D eigenvalue weighted by molar-refractivity contribution is -0.130. The van der Waals surface area contributed by atoms with Crippen molar-refractivity contribution in [1.29, 1.82) is 0 Å². The Balaban J connectivity index is 1.54. The standard InChI is InChI=1S/C20H21N3O3/c1-23(14-15-6-4-3-5-7-15)19(24)13-12-18-21-22-20(26-18)16-8-10-17(25-2)11-9-16/h3-11H,12-14H2,1-2H3. The van der Waals surface area contributed by atoms with Gasteiger partial charge in [-0.05, 0) is 29.8 Å². The Morgan fingerprint density at radius 3 is 2.50 bits per heavy atom. The molecular formula is C20H21N3O3. The molecule has 1 heterocycles. The second kappa shape index (κ2) is 8.29. The number of ether oxygens (including phenoxy) is 1. The zero-order valence-corrected chi connectivity index (χ0v) is 14.9. The van der Waals surface area contributed by atoms with Gasteiger partial charge in [-0.15, -0.1) is 10.2 Å². The zero-order valence-electron chi connectivity index (χ0n) is 14.9. The number of nitrogens with zero attached hydrogens (tertiary/aromatic N) is 3. The molecule has 0 bridgehead atoms. The molecule has 0 atom stereocenters. The summed E-state index contributed by atoms with van der Waals surface area (Å²) in [5.74, 6) is 1.70. The lowest BCUT2D eigenvalue weighted by Crippen LogP contribution is -2.26. The maximum Gasteiger partial charge on any atom is 0.247 e. The van der Waals surface area contributed by atoms with E-state index in [2.05, 4.69) is 10.2 Å². The lowest BCUT2D eigenvalue weighted by Gasteiger charge is -2.16. The van der Waals surface area contributed by atoms with Gasteiger partial charge in [0.05, 0.1) is 7.11 Å². The van der Waals surface area contributed by atoms with E-state index < -0.39 is 0 Å². The van der Waals surface area contributed by atoms with Crippen molar-refractivity contribution in [3.63, 3.8) is 0 Å². The third kappa shape index (κ3) is 4.47. The highest BCUT2D eigenvalue weighted by Gasteiger charge is 2.13. The molecule has 0 spiro atoms. The molecule has 26 heavy (non-hydrogen) atoms. The summed E-state index contributed by atoms with van der Waals surface area (Å²) in [7, 11) is 3.41. The van der Waals surface area contributed by atoms with Crippen LogP contribution in [0.5, 0.6) is 5.75 Å². The fourth-order valence-electron chi connectivity index (χ4n) is 2.56. The molecule has 0 aliphatic heterocycles. The molecule has 0 saturated heterocycles. The van der Waals surface area contributed by atoms with Gasteiger partial charge in [-0.2, -0.15) is 0 Å². The van der Waals surface area contributed by atoms with Crippen LogP contribution in [0.2, 0.25) is 0 Å². The van der Waals surface area contributed by atoms with Gasteiger partial charge in [-0.3, -0.25) is 4.79 Å². The number of hydrogen-bond acceptors (Lipinski definition) is 5. The van der Waals surface area contributed by atoms with Crippen molar-refractivity contribution in [3.8, 4) is 17.2 Å². The Hall–Kier alpha value is -3.15. The fraction of sp³-hybridized carbons (Fsp3) is 0.250. The van der Waals surface area contributed by atoms with Crippen LogP contribution in [0.15, 0.2) is 59.0 Å². The fourth-order valence-corrected chi connectivity index (χ4v) is 2.56. The smallest absolute Gasteiger partial charge is 0.247 e. The van der Waals surface area contributed by atoms with Crippen LogP contribution in [0.3, 0.4) is 0 Å². The van der Waals surface area contributed by atoms with Gasteiger partial charge in [0.15, 0.2) is 0 Å². The first-order valence-electron chi connectivity index (χ1n) is 8.40. The zero-order chi connectivity index (χ0) is 18.4. The molecule has 6 nitrogen and oxygen atoms in total. The minimum Gasteiger partial charge on any atom is -0.497 e. The van der Waals surface area contributed by atoms with Crippen molar-refractivity contribution < 1.29 is 13.9 Å². The van der Waals surface area contributed by atoms with Crippen LogP contribution in [-0.4, -0.2) is 35.2 Å². The predicted molar refractivity (Wildman–Crippen MR) is 97.5 cm³/mol. The number of hydrogen-bond donors (Lipinski definition) is 0. The number of carbonyl (C=O) groups excluding carboxylic acids is 1. The summed E-state index contributed by atoms with van der Waals surface area (Å²) in [5.41, 5.74) is 1.92. The van der Waals surface area contributed by atoms with Crippen LogP contribution in [0.4, 0.5) is 0 Å². The topological polar surface area (TPSA) is 68.5 Å². The van der Waals surface area contributed by atoms with E-state index in [1.54, 1.807) is 19.1 Å². The van der Waals surface area contributed by atoms with E-state index in [1.165, 1.54) is 0 Å². The minimum atomic E-state index is 0.0399. The molecule has 1 amide bonds. The summed E-state index contributed by atoms with van der Waals surface area (Å²) < 4.78 is 10.8. The molecule has 3 rings (SSSR count). The van der Waals surface area contributed by atoms with E-state index in [0.29, 0.717) is 31.2 Å². The second-order valence-corrected chi connectivity index (χ2v) is 5.96. The molecule has 2 aromatic carbocycles. The van der Waals surface area contributed by atoms with Crippen molar-refractivity contribution in [2.24, 2.45) is 0 Å². The molecule has 0 N–H and O–H groups in total. The van der Waals surface area contributed by atoms with E-state index >= 15 is 0 Å². The van der Waals surface area contributed by atoms with E-state index in [0.717, 1.165) is 16.9 Å². The van der Waals surface area contributed by atoms with Crippen molar-refractivity contribution in [3.05, 3.63) is 66.1 Å².